The molecule has 2 fully saturated rings. The number of anilines is 1. The third kappa shape index (κ3) is 5.35. The van der Waals surface area contributed by atoms with Crippen LogP contribution in [-0.4, -0.2) is 59.0 Å². The topological polar surface area (TPSA) is 101 Å². The third-order valence-electron chi connectivity index (χ3n) is 7.46. The maximum atomic E-state index is 15.3. The van der Waals surface area contributed by atoms with Gasteiger partial charge in [-0.05, 0) is 36.6 Å². The number of rotatable bonds is 9. The van der Waals surface area contributed by atoms with Gasteiger partial charge < -0.3 is 23.8 Å². The van der Waals surface area contributed by atoms with E-state index < -0.39 is 17.2 Å². The first-order valence-electron chi connectivity index (χ1n) is 13.3. The number of fused-ring (bicyclic) bond motifs is 1. The summed E-state index contributed by atoms with van der Waals surface area (Å²) in [7, 11) is 0. The van der Waals surface area contributed by atoms with Crippen LogP contribution in [0.3, 0.4) is 0 Å². The van der Waals surface area contributed by atoms with E-state index in [-0.39, 0.29) is 17.0 Å². The SMILES string of the molecule is O=C(O)c1cn(C2CC2)c2cc(N3CCN(C/C(=N/OCc4ccccc4)c4ccoc4)CC3)c(F)cc2c1=O. The van der Waals surface area contributed by atoms with E-state index in [1.54, 1.807) is 18.6 Å². The molecule has 2 aromatic heterocycles. The molecule has 1 aliphatic carbocycles. The smallest absolute Gasteiger partial charge is 0.341 e. The van der Waals surface area contributed by atoms with Crippen molar-refractivity contribution in [1.29, 1.82) is 0 Å². The van der Waals surface area contributed by atoms with Gasteiger partial charge in [-0.3, -0.25) is 9.69 Å². The molecule has 10 heteroatoms. The molecule has 0 amide bonds. The Morgan fingerprint density at radius 1 is 1.10 bits per heavy atom. The summed E-state index contributed by atoms with van der Waals surface area (Å²) >= 11 is 0. The Morgan fingerprint density at radius 2 is 1.88 bits per heavy atom. The number of halogens is 1. The predicted molar refractivity (Wildman–Crippen MR) is 149 cm³/mol. The van der Waals surface area contributed by atoms with E-state index in [9.17, 15) is 14.7 Å². The predicted octanol–water partition coefficient (Wildman–Crippen LogP) is 4.51. The van der Waals surface area contributed by atoms with Crippen LogP contribution in [0.5, 0.6) is 0 Å². The molecule has 2 aromatic carbocycles. The number of piperazine rings is 1. The molecule has 0 spiro atoms. The zero-order valence-electron chi connectivity index (χ0n) is 21.8. The molecular formula is C30H29FN4O5. The number of pyridine rings is 1. The summed E-state index contributed by atoms with van der Waals surface area (Å²) in [5.74, 6) is -1.83. The number of carbonyl (C=O) groups is 1. The highest BCUT2D eigenvalue weighted by Crippen LogP contribution is 2.38. The van der Waals surface area contributed by atoms with E-state index in [1.165, 1.54) is 12.3 Å². The summed E-state index contributed by atoms with van der Waals surface area (Å²) in [4.78, 5) is 34.3. The monoisotopic (exact) mass is 544 g/mol. The van der Waals surface area contributed by atoms with E-state index in [4.69, 9.17) is 9.25 Å². The van der Waals surface area contributed by atoms with E-state index >= 15 is 4.39 Å². The fourth-order valence-electron chi connectivity index (χ4n) is 5.13. The Balaban J connectivity index is 1.18. The van der Waals surface area contributed by atoms with Crippen molar-refractivity contribution in [2.45, 2.75) is 25.5 Å². The highest BCUT2D eigenvalue weighted by molar-refractivity contribution is 6.01. The zero-order valence-corrected chi connectivity index (χ0v) is 21.8. The summed E-state index contributed by atoms with van der Waals surface area (Å²) in [6.07, 6.45) is 6.45. The Bertz CT molecular complexity index is 1600. The summed E-state index contributed by atoms with van der Waals surface area (Å²) in [6, 6.07) is 14.7. The van der Waals surface area contributed by atoms with E-state index in [2.05, 4.69) is 10.1 Å². The average Bonchev–Trinajstić information content (AvgIpc) is 3.66. The van der Waals surface area contributed by atoms with Gasteiger partial charge in [0.05, 0.1) is 23.7 Å². The second kappa shape index (κ2) is 11.0. The molecule has 9 nitrogen and oxygen atoms in total. The normalized spacial score (nSPS) is 16.4. The number of hydrogen-bond acceptors (Lipinski definition) is 7. The Hall–Kier alpha value is -4.44. The minimum atomic E-state index is -1.30. The van der Waals surface area contributed by atoms with Crippen LogP contribution in [0.4, 0.5) is 10.1 Å². The average molecular weight is 545 g/mol. The second-order valence-corrected chi connectivity index (χ2v) is 10.2. The number of nitrogens with zero attached hydrogens (tertiary/aromatic N) is 4. The molecule has 206 valence electrons. The van der Waals surface area contributed by atoms with Crippen molar-refractivity contribution in [1.82, 2.24) is 9.47 Å². The number of aromatic carboxylic acids is 1. The van der Waals surface area contributed by atoms with Gasteiger partial charge in [-0.2, -0.15) is 0 Å². The Kier molecular flexibility index (Phi) is 7.08. The van der Waals surface area contributed by atoms with Gasteiger partial charge in [0.15, 0.2) is 0 Å². The van der Waals surface area contributed by atoms with Crippen LogP contribution in [-0.2, 0) is 11.4 Å². The summed E-state index contributed by atoms with van der Waals surface area (Å²) in [5, 5.41) is 14.0. The lowest BCUT2D eigenvalue weighted by Gasteiger charge is -2.36. The lowest BCUT2D eigenvalue weighted by molar-refractivity contribution is 0.0695. The van der Waals surface area contributed by atoms with Crippen molar-refractivity contribution < 1.29 is 23.5 Å². The van der Waals surface area contributed by atoms with Crippen molar-refractivity contribution in [3.05, 3.63) is 100.0 Å². The van der Waals surface area contributed by atoms with Gasteiger partial charge in [0, 0.05) is 55.9 Å². The first kappa shape index (κ1) is 25.8. The van der Waals surface area contributed by atoms with Gasteiger partial charge in [-0.1, -0.05) is 35.5 Å². The number of hydrogen-bond donors (Lipinski definition) is 1. The molecule has 0 bridgehead atoms. The van der Waals surface area contributed by atoms with Crippen LogP contribution in [0.2, 0.25) is 0 Å². The Morgan fingerprint density at radius 3 is 2.55 bits per heavy atom. The van der Waals surface area contributed by atoms with E-state index in [1.807, 2.05) is 45.9 Å². The number of carboxylic acids is 1. The Labute approximate surface area is 229 Å². The first-order chi connectivity index (χ1) is 19.5. The molecule has 1 N–H and O–H groups in total. The van der Waals surface area contributed by atoms with Crippen LogP contribution >= 0.6 is 0 Å². The fourth-order valence-corrected chi connectivity index (χ4v) is 5.13. The minimum Gasteiger partial charge on any atom is -0.477 e. The highest BCUT2D eigenvalue weighted by Gasteiger charge is 2.29. The number of aromatic nitrogens is 1. The lowest BCUT2D eigenvalue weighted by atomic mass is 10.1. The molecule has 6 rings (SSSR count). The van der Waals surface area contributed by atoms with E-state index in [0.717, 1.165) is 29.7 Å². The molecule has 4 aromatic rings. The van der Waals surface area contributed by atoms with Crippen LogP contribution in [0.25, 0.3) is 10.9 Å². The quantitative estimate of drug-likeness (QED) is 0.244. The second-order valence-electron chi connectivity index (χ2n) is 10.2. The molecule has 0 atom stereocenters. The molecule has 40 heavy (non-hydrogen) atoms. The highest BCUT2D eigenvalue weighted by atomic mass is 19.1. The maximum absolute atomic E-state index is 15.3. The number of carboxylic acid groups (broad SMARTS) is 1. The van der Waals surface area contributed by atoms with Crippen molar-refractivity contribution in [2.24, 2.45) is 5.16 Å². The largest absolute Gasteiger partial charge is 0.477 e. The summed E-state index contributed by atoms with van der Waals surface area (Å²) < 4.78 is 22.4. The lowest BCUT2D eigenvalue weighted by Crippen LogP contribution is -2.48. The van der Waals surface area contributed by atoms with Crippen molar-refractivity contribution in [3.63, 3.8) is 0 Å². The van der Waals surface area contributed by atoms with Crippen molar-refractivity contribution in [2.75, 3.05) is 37.6 Å². The van der Waals surface area contributed by atoms with Crippen LogP contribution in [0.15, 0.2) is 81.6 Å². The molecule has 2 aliphatic rings. The fraction of sp³-hybridized carbons (Fsp3) is 0.300. The summed E-state index contributed by atoms with van der Waals surface area (Å²) in [5.41, 5.74) is 2.61. The summed E-state index contributed by atoms with van der Waals surface area (Å²) in [6.45, 7) is 3.39. The van der Waals surface area contributed by atoms with Gasteiger partial charge in [0.25, 0.3) is 0 Å². The van der Waals surface area contributed by atoms with Crippen molar-refractivity contribution >= 4 is 28.3 Å². The molecular weight excluding hydrogens is 515 g/mol. The van der Waals surface area contributed by atoms with Crippen LogP contribution < -0.4 is 10.3 Å². The molecule has 1 saturated carbocycles. The maximum Gasteiger partial charge on any atom is 0.341 e. The van der Waals surface area contributed by atoms with Gasteiger partial charge in [0.1, 0.15) is 23.7 Å². The molecule has 0 radical (unpaired) electrons. The van der Waals surface area contributed by atoms with Gasteiger partial charge in [0.2, 0.25) is 5.43 Å². The zero-order chi connectivity index (χ0) is 27.6. The van der Waals surface area contributed by atoms with Crippen molar-refractivity contribution in [3.8, 4) is 0 Å². The standard InChI is InChI=1S/C30H29FN4O5/c31-25-14-23-27(35(22-6-7-22)16-24(29(23)36)30(37)38)15-28(25)34-11-9-33(10-12-34)17-26(21-8-13-39-19-21)32-40-18-20-4-2-1-3-5-20/h1-5,8,13-16,19,22H,6-7,9-12,17-18H2,(H,37,38)/b32-26-. The first-order valence-corrected chi connectivity index (χ1v) is 13.3. The number of benzene rings is 2. The van der Waals surface area contributed by atoms with Gasteiger partial charge in [-0.25, -0.2) is 9.18 Å². The van der Waals surface area contributed by atoms with E-state index in [0.29, 0.717) is 50.5 Å². The number of furan rings is 1. The molecule has 3 heterocycles. The molecule has 1 aliphatic heterocycles. The van der Waals surface area contributed by atoms with Crippen LogP contribution in [0.1, 0.15) is 40.4 Å². The molecule has 0 unspecified atom stereocenters. The number of oxime groups is 1. The molecule has 1 saturated heterocycles. The van der Waals surface area contributed by atoms with Crippen LogP contribution in [0, 0.1) is 5.82 Å². The third-order valence-corrected chi connectivity index (χ3v) is 7.46. The minimum absolute atomic E-state index is 0.100. The van der Waals surface area contributed by atoms with Gasteiger partial charge >= 0.3 is 5.97 Å². The van der Waals surface area contributed by atoms with Gasteiger partial charge in [-0.15, -0.1) is 0 Å².